The minimum absolute atomic E-state index is 0.0420. The molecule has 0 radical (unpaired) electrons. The molecule has 0 aliphatic carbocycles. The third-order valence-corrected chi connectivity index (χ3v) is 2.74. The molecule has 1 aliphatic heterocycles. The Labute approximate surface area is 91.5 Å². The number of piperidine rings is 1. The third kappa shape index (κ3) is 4.18. The number of carbonyl (C=O) groups is 1. The predicted molar refractivity (Wildman–Crippen MR) is 57.7 cm³/mol. The zero-order chi connectivity index (χ0) is 11.1. The van der Waals surface area contributed by atoms with E-state index in [0.717, 1.165) is 39.1 Å². The highest BCUT2D eigenvalue weighted by atomic mass is 16.5. The molecule has 15 heavy (non-hydrogen) atoms. The van der Waals surface area contributed by atoms with Crippen LogP contribution in [-0.2, 0) is 14.3 Å². The van der Waals surface area contributed by atoms with Gasteiger partial charge in [0.05, 0.1) is 19.1 Å². The fourth-order valence-electron chi connectivity index (χ4n) is 1.93. The maximum absolute atomic E-state index is 11.5. The van der Waals surface area contributed by atoms with Gasteiger partial charge in [0.25, 0.3) is 0 Å². The van der Waals surface area contributed by atoms with Gasteiger partial charge in [0.15, 0.2) is 0 Å². The van der Waals surface area contributed by atoms with Crippen molar-refractivity contribution >= 4 is 5.97 Å². The van der Waals surface area contributed by atoms with Gasteiger partial charge in [0.1, 0.15) is 0 Å². The zero-order valence-electron chi connectivity index (χ0n) is 9.70. The lowest BCUT2D eigenvalue weighted by Crippen LogP contribution is -2.40. The predicted octanol–water partition coefficient (Wildman–Crippen LogP) is 0.908. The summed E-state index contributed by atoms with van der Waals surface area (Å²) in [6.45, 7) is 5.86. The van der Waals surface area contributed by atoms with E-state index < -0.39 is 0 Å². The summed E-state index contributed by atoms with van der Waals surface area (Å²) in [5.74, 6) is 0.0233. The fourth-order valence-corrected chi connectivity index (χ4v) is 1.93. The third-order valence-electron chi connectivity index (χ3n) is 2.74. The molecule has 1 heterocycles. The molecule has 1 atom stereocenters. The van der Waals surface area contributed by atoms with Crippen molar-refractivity contribution < 1.29 is 14.3 Å². The molecule has 0 N–H and O–H groups in total. The van der Waals surface area contributed by atoms with Crippen LogP contribution in [0.1, 0.15) is 19.8 Å². The molecule has 0 bridgehead atoms. The second-order valence-electron chi connectivity index (χ2n) is 3.88. The number of esters is 1. The van der Waals surface area contributed by atoms with Crippen molar-refractivity contribution in [2.45, 2.75) is 19.8 Å². The minimum atomic E-state index is -0.0420. The molecule has 0 aromatic carbocycles. The standard InChI is InChI=1S/C11H21NO3/c1-3-15-11(13)10-5-4-6-12(9-10)7-8-14-2/h10H,3-9H2,1-2H3. The van der Waals surface area contributed by atoms with Gasteiger partial charge >= 0.3 is 5.97 Å². The van der Waals surface area contributed by atoms with Crippen LogP contribution in [0.15, 0.2) is 0 Å². The van der Waals surface area contributed by atoms with E-state index in [1.54, 1.807) is 7.11 Å². The summed E-state index contributed by atoms with van der Waals surface area (Å²) in [7, 11) is 1.70. The zero-order valence-corrected chi connectivity index (χ0v) is 9.70. The minimum Gasteiger partial charge on any atom is -0.466 e. The summed E-state index contributed by atoms with van der Waals surface area (Å²) in [6.07, 6.45) is 2.04. The van der Waals surface area contributed by atoms with Crippen molar-refractivity contribution in [2.75, 3.05) is 40.0 Å². The number of rotatable bonds is 5. The van der Waals surface area contributed by atoms with Gasteiger partial charge in [0.2, 0.25) is 0 Å². The maximum Gasteiger partial charge on any atom is 0.310 e. The molecule has 88 valence electrons. The maximum atomic E-state index is 11.5. The molecule has 1 unspecified atom stereocenters. The van der Waals surface area contributed by atoms with Crippen LogP contribution >= 0.6 is 0 Å². The number of likely N-dealkylation sites (tertiary alicyclic amines) is 1. The van der Waals surface area contributed by atoms with E-state index in [-0.39, 0.29) is 11.9 Å². The Kier molecular flexibility index (Phi) is 5.65. The number of ether oxygens (including phenoxy) is 2. The van der Waals surface area contributed by atoms with Gasteiger partial charge in [-0.25, -0.2) is 0 Å². The van der Waals surface area contributed by atoms with Crippen LogP contribution in [0.25, 0.3) is 0 Å². The molecular weight excluding hydrogens is 194 g/mol. The topological polar surface area (TPSA) is 38.8 Å². The summed E-state index contributed by atoms with van der Waals surface area (Å²) in [5, 5.41) is 0. The normalized spacial score (nSPS) is 22.7. The number of nitrogens with zero attached hydrogens (tertiary/aromatic N) is 1. The van der Waals surface area contributed by atoms with E-state index in [0.29, 0.717) is 6.61 Å². The first-order valence-electron chi connectivity index (χ1n) is 5.65. The Morgan fingerprint density at radius 2 is 2.33 bits per heavy atom. The number of carbonyl (C=O) groups excluding carboxylic acids is 1. The molecular formula is C11H21NO3. The molecule has 4 heteroatoms. The van der Waals surface area contributed by atoms with Crippen molar-refractivity contribution in [2.24, 2.45) is 5.92 Å². The lowest BCUT2D eigenvalue weighted by molar-refractivity contribution is -0.150. The van der Waals surface area contributed by atoms with Gasteiger partial charge in [0, 0.05) is 20.2 Å². The average Bonchev–Trinajstić information content (AvgIpc) is 2.27. The molecule has 0 aromatic heterocycles. The molecule has 1 fully saturated rings. The summed E-state index contributed by atoms with van der Waals surface area (Å²) in [4.78, 5) is 13.8. The first kappa shape index (κ1) is 12.5. The van der Waals surface area contributed by atoms with E-state index in [1.165, 1.54) is 0 Å². The van der Waals surface area contributed by atoms with Crippen LogP contribution in [0, 0.1) is 5.92 Å². The van der Waals surface area contributed by atoms with Gasteiger partial charge in [-0.3, -0.25) is 4.79 Å². The van der Waals surface area contributed by atoms with E-state index in [9.17, 15) is 4.79 Å². The molecule has 1 aliphatic rings. The monoisotopic (exact) mass is 215 g/mol. The van der Waals surface area contributed by atoms with Crippen LogP contribution in [0.5, 0.6) is 0 Å². The van der Waals surface area contributed by atoms with Gasteiger partial charge in [-0.15, -0.1) is 0 Å². The largest absolute Gasteiger partial charge is 0.466 e. The van der Waals surface area contributed by atoms with E-state index in [4.69, 9.17) is 9.47 Å². The molecule has 4 nitrogen and oxygen atoms in total. The molecule has 0 spiro atoms. The van der Waals surface area contributed by atoms with E-state index >= 15 is 0 Å². The fraction of sp³-hybridized carbons (Fsp3) is 0.909. The Hall–Kier alpha value is -0.610. The van der Waals surface area contributed by atoms with Crippen molar-refractivity contribution in [3.63, 3.8) is 0 Å². The Balaban J connectivity index is 2.31. The highest BCUT2D eigenvalue weighted by Gasteiger charge is 2.26. The van der Waals surface area contributed by atoms with Gasteiger partial charge in [-0.2, -0.15) is 0 Å². The van der Waals surface area contributed by atoms with Crippen molar-refractivity contribution in [1.82, 2.24) is 4.90 Å². The van der Waals surface area contributed by atoms with Crippen LogP contribution < -0.4 is 0 Å². The first-order valence-corrected chi connectivity index (χ1v) is 5.65. The Morgan fingerprint density at radius 1 is 1.53 bits per heavy atom. The smallest absolute Gasteiger partial charge is 0.310 e. The second kappa shape index (κ2) is 6.80. The van der Waals surface area contributed by atoms with Crippen LogP contribution in [0.3, 0.4) is 0 Å². The first-order chi connectivity index (χ1) is 7.27. The lowest BCUT2D eigenvalue weighted by atomic mass is 9.98. The Bertz CT molecular complexity index is 196. The summed E-state index contributed by atoms with van der Waals surface area (Å²) in [6, 6.07) is 0. The molecule has 1 saturated heterocycles. The SMILES string of the molecule is CCOC(=O)C1CCCN(CCOC)C1. The van der Waals surface area contributed by atoms with Crippen LogP contribution in [0.2, 0.25) is 0 Å². The second-order valence-corrected chi connectivity index (χ2v) is 3.88. The number of methoxy groups -OCH3 is 1. The van der Waals surface area contributed by atoms with Crippen LogP contribution in [-0.4, -0.2) is 50.8 Å². The average molecular weight is 215 g/mol. The van der Waals surface area contributed by atoms with Crippen molar-refractivity contribution in [3.05, 3.63) is 0 Å². The van der Waals surface area contributed by atoms with Crippen molar-refractivity contribution in [3.8, 4) is 0 Å². The van der Waals surface area contributed by atoms with Gasteiger partial charge in [-0.05, 0) is 26.3 Å². The van der Waals surface area contributed by atoms with E-state index in [1.807, 2.05) is 6.92 Å². The summed E-state index contributed by atoms with van der Waals surface area (Å²) >= 11 is 0. The molecule has 0 saturated carbocycles. The summed E-state index contributed by atoms with van der Waals surface area (Å²) < 4.78 is 10.1. The number of hydrogen-bond donors (Lipinski definition) is 0. The quantitative estimate of drug-likeness (QED) is 0.639. The highest BCUT2D eigenvalue weighted by molar-refractivity contribution is 5.72. The number of hydrogen-bond acceptors (Lipinski definition) is 4. The Morgan fingerprint density at radius 3 is 3.00 bits per heavy atom. The summed E-state index contributed by atoms with van der Waals surface area (Å²) in [5.41, 5.74) is 0. The molecule has 0 aromatic rings. The van der Waals surface area contributed by atoms with E-state index in [2.05, 4.69) is 4.90 Å². The van der Waals surface area contributed by atoms with Gasteiger partial charge < -0.3 is 14.4 Å². The van der Waals surface area contributed by atoms with Gasteiger partial charge in [-0.1, -0.05) is 0 Å². The van der Waals surface area contributed by atoms with Crippen LogP contribution in [0.4, 0.5) is 0 Å². The molecule has 1 rings (SSSR count). The highest BCUT2D eigenvalue weighted by Crippen LogP contribution is 2.17. The molecule has 0 amide bonds. The van der Waals surface area contributed by atoms with Crippen molar-refractivity contribution in [1.29, 1.82) is 0 Å². The lowest BCUT2D eigenvalue weighted by Gasteiger charge is -2.31.